The fourth-order valence-electron chi connectivity index (χ4n) is 1.96. The molecule has 1 rings (SSSR count). The van der Waals surface area contributed by atoms with Crippen molar-refractivity contribution in [1.82, 2.24) is 4.90 Å². The Hall–Kier alpha value is -0.970. The monoisotopic (exact) mass is 362 g/mol. The number of ether oxygens (including phenoxy) is 1. The van der Waals surface area contributed by atoms with Crippen molar-refractivity contribution in [2.24, 2.45) is 11.7 Å². The lowest BCUT2D eigenvalue weighted by molar-refractivity contribution is -0.130. The summed E-state index contributed by atoms with van der Waals surface area (Å²) < 4.78 is 5.57. The molecular weight excluding hydrogens is 335 g/mol. The number of para-hydroxylation sites is 1. The first-order valence-electron chi connectivity index (χ1n) is 7.78. The number of carbonyl (C=O) groups is 1. The van der Waals surface area contributed by atoms with Crippen LogP contribution >= 0.6 is 24.0 Å². The maximum absolute atomic E-state index is 12.0. The molecule has 1 unspecified atom stereocenters. The number of hydrogen-bond donors (Lipinski definition) is 1. The molecule has 6 heteroatoms. The van der Waals surface area contributed by atoms with Crippen molar-refractivity contribution in [3.63, 3.8) is 0 Å². The minimum Gasteiger partial charge on any atom is -0.492 e. The Balaban J connectivity index is 0.00000484. The van der Waals surface area contributed by atoms with Crippen molar-refractivity contribution in [3.8, 4) is 5.75 Å². The molecule has 0 heterocycles. The van der Waals surface area contributed by atoms with Gasteiger partial charge >= 0.3 is 0 Å². The molecule has 1 aromatic carbocycles. The Labute approximate surface area is 150 Å². The van der Waals surface area contributed by atoms with Crippen LogP contribution in [0.25, 0.3) is 0 Å². The first-order chi connectivity index (χ1) is 10.4. The molecule has 0 aliphatic carbocycles. The van der Waals surface area contributed by atoms with Crippen molar-refractivity contribution in [2.45, 2.75) is 39.2 Å². The van der Waals surface area contributed by atoms with Gasteiger partial charge in [0.1, 0.15) is 5.75 Å². The normalized spacial score (nSPS) is 11.7. The van der Waals surface area contributed by atoms with Crippen LogP contribution in [0.3, 0.4) is 0 Å². The van der Waals surface area contributed by atoms with Gasteiger partial charge in [0.2, 0.25) is 5.91 Å². The second-order valence-corrected chi connectivity index (χ2v) is 6.30. The Kier molecular flexibility index (Phi) is 11.1. The zero-order valence-electron chi connectivity index (χ0n) is 14.1. The van der Waals surface area contributed by atoms with Crippen LogP contribution in [0.4, 0.5) is 0 Å². The van der Waals surface area contributed by atoms with Crippen molar-refractivity contribution in [1.29, 1.82) is 0 Å². The number of benzene rings is 1. The zero-order valence-corrected chi connectivity index (χ0v) is 15.7. The number of nitrogens with zero attached hydrogens (tertiary/aromatic N) is 1. The molecule has 2 N–H and O–H groups in total. The molecule has 132 valence electrons. The number of hydrogen-bond acceptors (Lipinski definition) is 3. The van der Waals surface area contributed by atoms with E-state index in [2.05, 4.69) is 13.8 Å². The molecule has 0 aliphatic heterocycles. The maximum atomic E-state index is 12.0. The quantitative estimate of drug-likeness (QED) is 0.680. The number of nitrogens with two attached hydrogens (primary N) is 1. The third-order valence-corrected chi connectivity index (χ3v) is 4.02. The van der Waals surface area contributed by atoms with Crippen molar-refractivity contribution in [3.05, 3.63) is 29.3 Å². The summed E-state index contributed by atoms with van der Waals surface area (Å²) in [6.45, 7) is 5.37. The van der Waals surface area contributed by atoms with E-state index in [4.69, 9.17) is 22.1 Å². The Morgan fingerprint density at radius 3 is 2.61 bits per heavy atom. The standard InChI is InChI=1S/C17H27ClN2O2.ClH/c1-13(2)15(19)10-11-20(3)17(21)9-6-12-22-16-8-5-4-7-14(16)18;/h4-5,7-8,13,15H,6,9-12,19H2,1-3H3;1H. The van der Waals surface area contributed by atoms with Crippen LogP contribution in [-0.4, -0.2) is 37.0 Å². The lowest BCUT2D eigenvalue weighted by atomic mass is 10.0. The van der Waals surface area contributed by atoms with Gasteiger partial charge in [-0.1, -0.05) is 37.6 Å². The summed E-state index contributed by atoms with van der Waals surface area (Å²) in [6, 6.07) is 7.48. The van der Waals surface area contributed by atoms with E-state index in [9.17, 15) is 4.79 Å². The molecule has 0 saturated carbocycles. The summed E-state index contributed by atoms with van der Waals surface area (Å²) in [5.74, 6) is 1.22. The van der Waals surface area contributed by atoms with Gasteiger partial charge in [-0.25, -0.2) is 0 Å². The van der Waals surface area contributed by atoms with E-state index in [0.717, 1.165) is 6.42 Å². The third-order valence-electron chi connectivity index (χ3n) is 3.71. The van der Waals surface area contributed by atoms with E-state index in [1.54, 1.807) is 11.0 Å². The van der Waals surface area contributed by atoms with Gasteiger partial charge < -0.3 is 15.4 Å². The van der Waals surface area contributed by atoms with E-state index >= 15 is 0 Å². The maximum Gasteiger partial charge on any atom is 0.222 e. The lowest BCUT2D eigenvalue weighted by Crippen LogP contribution is -2.34. The van der Waals surface area contributed by atoms with Crippen LogP contribution in [0.1, 0.15) is 33.1 Å². The van der Waals surface area contributed by atoms with Gasteiger partial charge in [-0.15, -0.1) is 12.4 Å². The average molecular weight is 363 g/mol. The topological polar surface area (TPSA) is 55.6 Å². The van der Waals surface area contributed by atoms with Crippen molar-refractivity contribution < 1.29 is 9.53 Å². The molecule has 1 aromatic rings. The van der Waals surface area contributed by atoms with Gasteiger partial charge in [-0.3, -0.25) is 4.79 Å². The number of halogens is 2. The molecular formula is C17H28Cl2N2O2. The van der Waals surface area contributed by atoms with E-state index < -0.39 is 0 Å². The Morgan fingerprint density at radius 1 is 1.35 bits per heavy atom. The predicted molar refractivity (Wildman–Crippen MR) is 98.5 cm³/mol. The fraction of sp³-hybridized carbons (Fsp3) is 0.588. The highest BCUT2D eigenvalue weighted by molar-refractivity contribution is 6.32. The van der Waals surface area contributed by atoms with E-state index in [-0.39, 0.29) is 24.4 Å². The van der Waals surface area contributed by atoms with Gasteiger partial charge in [0, 0.05) is 26.1 Å². The van der Waals surface area contributed by atoms with Crippen molar-refractivity contribution >= 4 is 29.9 Å². The van der Waals surface area contributed by atoms with Gasteiger partial charge in [-0.05, 0) is 30.9 Å². The van der Waals surface area contributed by atoms with E-state index in [1.165, 1.54) is 0 Å². The lowest BCUT2D eigenvalue weighted by Gasteiger charge is -2.21. The van der Waals surface area contributed by atoms with Gasteiger partial charge in [0.15, 0.2) is 0 Å². The number of carbonyl (C=O) groups excluding carboxylic acids is 1. The summed E-state index contributed by atoms with van der Waals surface area (Å²) >= 11 is 6.00. The largest absolute Gasteiger partial charge is 0.492 e. The first-order valence-corrected chi connectivity index (χ1v) is 8.16. The molecule has 0 saturated heterocycles. The summed E-state index contributed by atoms with van der Waals surface area (Å²) in [4.78, 5) is 13.8. The SMILES string of the molecule is CC(C)C(N)CCN(C)C(=O)CCCOc1ccccc1Cl.Cl. The Morgan fingerprint density at radius 2 is 2.00 bits per heavy atom. The second kappa shape index (κ2) is 11.5. The van der Waals surface area contributed by atoms with Crippen molar-refractivity contribution in [2.75, 3.05) is 20.2 Å². The molecule has 1 atom stereocenters. The highest BCUT2D eigenvalue weighted by Crippen LogP contribution is 2.23. The van der Waals surface area contributed by atoms with Crippen LogP contribution in [0.5, 0.6) is 5.75 Å². The molecule has 0 fully saturated rings. The third kappa shape index (κ3) is 8.45. The predicted octanol–water partition coefficient (Wildman–Crippen LogP) is 3.75. The molecule has 0 bridgehead atoms. The first kappa shape index (κ1) is 22.0. The van der Waals surface area contributed by atoms with Gasteiger partial charge in [-0.2, -0.15) is 0 Å². The zero-order chi connectivity index (χ0) is 16.5. The highest BCUT2D eigenvalue weighted by atomic mass is 35.5. The molecule has 0 radical (unpaired) electrons. The summed E-state index contributed by atoms with van der Waals surface area (Å²) in [6.07, 6.45) is 1.97. The number of rotatable bonds is 9. The Bertz CT molecular complexity index is 470. The molecule has 1 amide bonds. The molecule has 0 spiro atoms. The van der Waals surface area contributed by atoms with Crippen LogP contribution in [0.2, 0.25) is 5.02 Å². The van der Waals surface area contributed by atoms with E-state index in [1.807, 2.05) is 25.2 Å². The second-order valence-electron chi connectivity index (χ2n) is 5.89. The van der Waals surface area contributed by atoms with Crippen LogP contribution in [0, 0.1) is 5.92 Å². The van der Waals surface area contributed by atoms with Gasteiger partial charge in [0.25, 0.3) is 0 Å². The molecule has 4 nitrogen and oxygen atoms in total. The van der Waals surface area contributed by atoms with Crippen LogP contribution in [0.15, 0.2) is 24.3 Å². The highest BCUT2D eigenvalue weighted by Gasteiger charge is 2.12. The fourth-order valence-corrected chi connectivity index (χ4v) is 2.15. The molecule has 23 heavy (non-hydrogen) atoms. The van der Waals surface area contributed by atoms with Crippen LogP contribution < -0.4 is 10.5 Å². The molecule has 0 aromatic heterocycles. The summed E-state index contributed by atoms with van der Waals surface area (Å²) in [7, 11) is 1.82. The number of amides is 1. The minimum atomic E-state index is 0. The summed E-state index contributed by atoms with van der Waals surface area (Å²) in [5, 5.41) is 0.591. The van der Waals surface area contributed by atoms with Crippen LogP contribution in [-0.2, 0) is 4.79 Å². The summed E-state index contributed by atoms with van der Waals surface area (Å²) in [5.41, 5.74) is 5.99. The van der Waals surface area contributed by atoms with Gasteiger partial charge in [0.05, 0.1) is 11.6 Å². The average Bonchev–Trinajstić information content (AvgIpc) is 2.49. The van der Waals surface area contributed by atoms with E-state index in [0.29, 0.717) is 42.7 Å². The smallest absolute Gasteiger partial charge is 0.222 e. The minimum absolute atomic E-state index is 0. The molecule has 0 aliphatic rings.